The minimum atomic E-state index is -0.560. The maximum Gasteiger partial charge on any atom is 0.327 e. The molecule has 0 bridgehead atoms. The van der Waals surface area contributed by atoms with Crippen LogP contribution in [0.25, 0.3) is 0 Å². The van der Waals surface area contributed by atoms with Gasteiger partial charge in [0.25, 0.3) is 5.56 Å². The van der Waals surface area contributed by atoms with Crippen molar-refractivity contribution in [2.75, 3.05) is 12.4 Å². The molecule has 24 heavy (non-hydrogen) atoms. The molecule has 0 aliphatic carbocycles. The molecule has 3 heterocycles. The molecule has 8 nitrogen and oxygen atoms in total. The van der Waals surface area contributed by atoms with Gasteiger partial charge in [0.1, 0.15) is 11.6 Å². The van der Waals surface area contributed by atoms with Crippen LogP contribution in [-0.2, 0) is 0 Å². The molecule has 2 aromatic heterocycles. The molecule has 122 valence electrons. The molecule has 0 spiro atoms. The Morgan fingerprint density at radius 3 is 2.54 bits per heavy atom. The zero-order chi connectivity index (χ0) is 16.8. The van der Waals surface area contributed by atoms with Crippen molar-refractivity contribution in [2.45, 2.75) is 12.8 Å². The van der Waals surface area contributed by atoms with Gasteiger partial charge in [0.05, 0.1) is 12.7 Å². The Bertz CT molecular complexity index is 1030. The van der Waals surface area contributed by atoms with E-state index in [1.165, 1.54) is 0 Å². The normalized spacial score (nSPS) is 15.3. The third kappa shape index (κ3) is 2.03. The molecular weight excluding hydrogens is 310 g/mol. The van der Waals surface area contributed by atoms with Crippen molar-refractivity contribution in [3.63, 3.8) is 0 Å². The molecule has 4 N–H and O–H groups in total. The number of nitrogens with zero attached hydrogens (tertiary/aromatic N) is 1. The molecule has 8 heteroatoms. The number of aryl methyl sites for hydroxylation is 1. The highest BCUT2D eigenvalue weighted by atomic mass is 16.5. The van der Waals surface area contributed by atoms with Gasteiger partial charge in [0.2, 0.25) is 0 Å². The third-order valence-electron chi connectivity index (χ3n) is 4.24. The molecule has 0 unspecified atom stereocenters. The zero-order valence-electron chi connectivity index (χ0n) is 13.1. The minimum Gasteiger partial charge on any atom is -0.497 e. The maximum absolute atomic E-state index is 12.5. The number of benzene rings is 1. The summed E-state index contributed by atoms with van der Waals surface area (Å²) in [5, 5.41) is 10.2. The second kappa shape index (κ2) is 5.12. The number of hydrogen-bond donors (Lipinski definition) is 4. The van der Waals surface area contributed by atoms with Crippen molar-refractivity contribution < 1.29 is 4.74 Å². The van der Waals surface area contributed by atoms with E-state index in [0.29, 0.717) is 17.2 Å². The largest absolute Gasteiger partial charge is 0.497 e. The molecule has 0 amide bonds. The molecule has 0 fully saturated rings. The van der Waals surface area contributed by atoms with Crippen molar-refractivity contribution in [1.29, 1.82) is 0 Å². The van der Waals surface area contributed by atoms with Crippen molar-refractivity contribution in [3.05, 3.63) is 67.5 Å². The first-order chi connectivity index (χ1) is 11.6. The van der Waals surface area contributed by atoms with Gasteiger partial charge < -0.3 is 10.1 Å². The number of methoxy groups -OCH3 is 1. The third-order valence-corrected chi connectivity index (χ3v) is 4.24. The Balaban J connectivity index is 1.99. The van der Waals surface area contributed by atoms with E-state index >= 15 is 0 Å². The van der Waals surface area contributed by atoms with Crippen LogP contribution in [0.5, 0.6) is 5.75 Å². The lowest BCUT2D eigenvalue weighted by molar-refractivity contribution is 0.414. The van der Waals surface area contributed by atoms with E-state index < -0.39 is 11.2 Å². The summed E-state index contributed by atoms with van der Waals surface area (Å²) < 4.78 is 5.20. The quantitative estimate of drug-likeness (QED) is 0.444. The number of anilines is 2. The van der Waals surface area contributed by atoms with Crippen molar-refractivity contribution >= 4 is 11.6 Å². The Hall–Kier alpha value is -3.29. The van der Waals surface area contributed by atoms with Gasteiger partial charge >= 0.3 is 5.69 Å². The molecular formula is C16H15N5O3. The van der Waals surface area contributed by atoms with E-state index in [-0.39, 0.29) is 5.92 Å². The minimum absolute atomic E-state index is 0.346. The average Bonchev–Trinajstić information content (AvgIpc) is 2.94. The fraction of sp³-hybridized carbons (Fsp3) is 0.188. The Morgan fingerprint density at radius 2 is 1.83 bits per heavy atom. The van der Waals surface area contributed by atoms with Crippen molar-refractivity contribution in [3.8, 4) is 5.75 Å². The SMILES string of the molecule is COc1ccc([C@@H]2c3c(n[nH]c3C)Nc3[nH]c(=O)[nH]c(=O)c32)cc1. The van der Waals surface area contributed by atoms with Crippen LogP contribution in [0.4, 0.5) is 11.6 Å². The molecule has 1 aromatic carbocycles. The summed E-state index contributed by atoms with van der Waals surface area (Å²) in [5.74, 6) is 1.35. The van der Waals surface area contributed by atoms with Gasteiger partial charge in [-0.1, -0.05) is 12.1 Å². The lowest BCUT2D eigenvalue weighted by Gasteiger charge is -2.25. The highest BCUT2D eigenvalue weighted by Crippen LogP contribution is 2.42. The second-order valence-electron chi connectivity index (χ2n) is 5.64. The summed E-state index contributed by atoms with van der Waals surface area (Å²) in [6, 6.07) is 7.48. The van der Waals surface area contributed by atoms with Crippen LogP contribution in [0.3, 0.4) is 0 Å². The molecule has 3 aromatic rings. The summed E-state index contributed by atoms with van der Waals surface area (Å²) in [5.41, 5.74) is 2.11. The fourth-order valence-corrected chi connectivity index (χ4v) is 3.15. The molecule has 0 radical (unpaired) electrons. The van der Waals surface area contributed by atoms with Gasteiger partial charge in [0.15, 0.2) is 5.82 Å². The lowest BCUT2D eigenvalue weighted by atomic mass is 9.83. The first kappa shape index (κ1) is 14.3. The number of nitrogens with one attached hydrogen (secondary N) is 4. The smallest absolute Gasteiger partial charge is 0.327 e. The summed E-state index contributed by atoms with van der Waals surface area (Å²) in [4.78, 5) is 29.0. The standard InChI is InChI=1S/C16H15N5O3/c1-7-10-11(8-3-5-9(24-2)6-4-8)12-13(17-14(10)21-20-7)18-16(23)19-15(12)22/h3-6,11H,1-2H3,(H4,17,18,19,20,21,22,23)/t11-/m1/s1. The maximum atomic E-state index is 12.5. The number of aromatic amines is 3. The molecule has 0 saturated heterocycles. The van der Waals surface area contributed by atoms with E-state index in [2.05, 4.69) is 25.5 Å². The number of H-pyrrole nitrogens is 3. The fourth-order valence-electron chi connectivity index (χ4n) is 3.15. The van der Waals surface area contributed by atoms with Gasteiger partial charge in [-0.2, -0.15) is 5.10 Å². The van der Waals surface area contributed by atoms with Crippen molar-refractivity contribution in [1.82, 2.24) is 20.2 Å². The molecule has 0 saturated carbocycles. The summed E-state index contributed by atoms with van der Waals surface area (Å²) in [7, 11) is 1.60. The first-order valence-corrected chi connectivity index (χ1v) is 7.41. The molecule has 1 aliphatic rings. The Labute approximate surface area is 135 Å². The van der Waals surface area contributed by atoms with Gasteiger partial charge in [-0.15, -0.1) is 0 Å². The van der Waals surface area contributed by atoms with E-state index in [0.717, 1.165) is 22.6 Å². The van der Waals surface area contributed by atoms with E-state index in [1.807, 2.05) is 31.2 Å². The van der Waals surface area contributed by atoms with Crippen LogP contribution in [0.1, 0.15) is 28.3 Å². The highest BCUT2D eigenvalue weighted by molar-refractivity contribution is 5.71. The van der Waals surface area contributed by atoms with Crippen LogP contribution in [0.15, 0.2) is 33.9 Å². The van der Waals surface area contributed by atoms with Gasteiger partial charge in [-0.05, 0) is 24.6 Å². The van der Waals surface area contributed by atoms with E-state index in [4.69, 9.17) is 4.74 Å². The molecule has 1 atom stereocenters. The van der Waals surface area contributed by atoms with Gasteiger partial charge in [-0.25, -0.2) is 4.79 Å². The van der Waals surface area contributed by atoms with Crippen LogP contribution in [0.2, 0.25) is 0 Å². The van der Waals surface area contributed by atoms with Crippen LogP contribution in [-0.4, -0.2) is 27.3 Å². The predicted molar refractivity (Wildman–Crippen MR) is 88.2 cm³/mol. The van der Waals surface area contributed by atoms with Crippen LogP contribution < -0.4 is 21.3 Å². The number of rotatable bonds is 2. The first-order valence-electron chi connectivity index (χ1n) is 7.41. The van der Waals surface area contributed by atoms with Crippen LogP contribution in [0, 0.1) is 6.92 Å². The van der Waals surface area contributed by atoms with Gasteiger partial charge in [-0.3, -0.25) is 19.9 Å². The lowest BCUT2D eigenvalue weighted by Crippen LogP contribution is -2.31. The van der Waals surface area contributed by atoms with E-state index in [1.54, 1.807) is 7.11 Å². The van der Waals surface area contributed by atoms with Gasteiger partial charge in [0, 0.05) is 17.2 Å². The number of ether oxygens (including phenoxy) is 1. The highest BCUT2D eigenvalue weighted by Gasteiger charge is 2.33. The topological polar surface area (TPSA) is 116 Å². The van der Waals surface area contributed by atoms with Crippen LogP contribution >= 0.6 is 0 Å². The number of aromatic nitrogens is 4. The average molecular weight is 325 g/mol. The van der Waals surface area contributed by atoms with Crippen molar-refractivity contribution in [2.24, 2.45) is 0 Å². The predicted octanol–water partition coefficient (Wildman–Crippen LogP) is 1.34. The number of hydrogen-bond acceptors (Lipinski definition) is 5. The van der Waals surface area contributed by atoms with E-state index in [9.17, 15) is 9.59 Å². The Kier molecular flexibility index (Phi) is 3.05. The zero-order valence-corrected chi connectivity index (χ0v) is 13.1. The Morgan fingerprint density at radius 1 is 1.08 bits per heavy atom. The number of fused-ring (bicyclic) bond motifs is 2. The summed E-state index contributed by atoms with van der Waals surface area (Å²) in [6.07, 6.45) is 0. The second-order valence-corrected chi connectivity index (χ2v) is 5.64. The monoisotopic (exact) mass is 325 g/mol. The molecule has 1 aliphatic heterocycles. The summed E-state index contributed by atoms with van der Waals surface area (Å²) in [6.45, 7) is 1.90. The molecule has 4 rings (SSSR count). The summed E-state index contributed by atoms with van der Waals surface area (Å²) >= 11 is 0.